The Bertz CT molecular complexity index is 600. The van der Waals surface area contributed by atoms with Crippen molar-refractivity contribution in [1.29, 1.82) is 0 Å². The van der Waals surface area contributed by atoms with Crippen molar-refractivity contribution in [2.24, 2.45) is 11.8 Å². The summed E-state index contributed by atoms with van der Waals surface area (Å²) < 4.78 is 0. The number of hydrogen-bond acceptors (Lipinski definition) is 3. The Morgan fingerprint density at radius 2 is 1.96 bits per heavy atom. The van der Waals surface area contributed by atoms with Crippen LogP contribution in [-0.4, -0.2) is 40.4 Å². The Balaban J connectivity index is 1.94. The first-order chi connectivity index (χ1) is 11.4. The van der Waals surface area contributed by atoms with Crippen molar-refractivity contribution in [3.8, 4) is 0 Å². The van der Waals surface area contributed by atoms with Crippen molar-refractivity contribution in [3.63, 3.8) is 0 Å². The van der Waals surface area contributed by atoms with Gasteiger partial charge in [-0.05, 0) is 17.9 Å². The molecule has 2 amide bonds. The summed E-state index contributed by atoms with van der Waals surface area (Å²) in [5.74, 6) is -1.80. The van der Waals surface area contributed by atoms with Crippen LogP contribution in [0.5, 0.6) is 0 Å². The molecule has 1 aliphatic heterocycles. The molecule has 2 N–H and O–H groups in total. The number of nitrogens with zero attached hydrogens (tertiary/aromatic N) is 1. The molecule has 0 bridgehead atoms. The van der Waals surface area contributed by atoms with E-state index in [1.165, 1.54) is 0 Å². The van der Waals surface area contributed by atoms with Crippen LogP contribution in [0.25, 0.3) is 0 Å². The number of likely N-dealkylation sites (tertiary alicyclic amines) is 1. The first kappa shape index (κ1) is 18.0. The molecular formula is C18H24N2O4. The van der Waals surface area contributed by atoms with E-state index in [0.717, 1.165) is 5.56 Å². The molecule has 1 aliphatic rings. The lowest BCUT2D eigenvalue weighted by Gasteiger charge is -2.19. The number of hydrogen-bond donors (Lipinski definition) is 2. The van der Waals surface area contributed by atoms with E-state index < -0.39 is 17.9 Å². The number of carbonyl (C=O) groups is 3. The second kappa shape index (κ2) is 7.95. The molecular weight excluding hydrogens is 308 g/mol. The Labute approximate surface area is 141 Å². The molecule has 1 unspecified atom stereocenters. The monoisotopic (exact) mass is 332 g/mol. The maximum atomic E-state index is 12.3. The van der Waals surface area contributed by atoms with Gasteiger partial charge in [0.15, 0.2) is 0 Å². The van der Waals surface area contributed by atoms with E-state index >= 15 is 0 Å². The molecule has 0 aromatic heterocycles. The molecule has 0 saturated carbocycles. The van der Waals surface area contributed by atoms with Gasteiger partial charge >= 0.3 is 5.97 Å². The highest BCUT2D eigenvalue weighted by atomic mass is 16.4. The van der Waals surface area contributed by atoms with Gasteiger partial charge < -0.3 is 15.3 Å². The molecule has 6 nitrogen and oxygen atoms in total. The summed E-state index contributed by atoms with van der Waals surface area (Å²) in [6, 6.07) is 8.68. The predicted octanol–water partition coefficient (Wildman–Crippen LogP) is 1.65. The van der Waals surface area contributed by atoms with Crippen molar-refractivity contribution in [2.45, 2.75) is 39.3 Å². The van der Waals surface area contributed by atoms with Gasteiger partial charge in [0, 0.05) is 19.5 Å². The van der Waals surface area contributed by atoms with Crippen LogP contribution in [0.2, 0.25) is 0 Å². The average molecular weight is 332 g/mol. The lowest BCUT2D eigenvalue weighted by Crippen LogP contribution is -2.44. The third kappa shape index (κ3) is 4.81. The van der Waals surface area contributed by atoms with Gasteiger partial charge in [-0.25, -0.2) is 4.79 Å². The van der Waals surface area contributed by atoms with Crippen LogP contribution in [0, 0.1) is 11.8 Å². The summed E-state index contributed by atoms with van der Waals surface area (Å²) >= 11 is 0. The fourth-order valence-electron chi connectivity index (χ4n) is 2.89. The minimum absolute atomic E-state index is 0.0743. The summed E-state index contributed by atoms with van der Waals surface area (Å²) in [5.41, 5.74) is 1.01. The van der Waals surface area contributed by atoms with Gasteiger partial charge in [0.1, 0.15) is 6.04 Å². The molecule has 1 heterocycles. The molecule has 0 spiro atoms. The molecule has 6 heteroatoms. The molecule has 130 valence electrons. The van der Waals surface area contributed by atoms with Gasteiger partial charge in [-0.15, -0.1) is 0 Å². The van der Waals surface area contributed by atoms with E-state index in [2.05, 4.69) is 5.32 Å². The van der Waals surface area contributed by atoms with Crippen molar-refractivity contribution >= 4 is 17.8 Å². The molecule has 1 fully saturated rings. The summed E-state index contributed by atoms with van der Waals surface area (Å²) in [4.78, 5) is 37.4. The average Bonchev–Trinajstić information content (AvgIpc) is 2.88. The number of nitrogens with one attached hydrogen (secondary N) is 1. The second-order valence-electron chi connectivity index (χ2n) is 6.69. The van der Waals surface area contributed by atoms with Crippen LogP contribution in [-0.2, 0) is 20.9 Å². The lowest BCUT2D eigenvalue weighted by atomic mass is 10.0. The van der Waals surface area contributed by atoms with Crippen LogP contribution in [0.15, 0.2) is 30.3 Å². The topological polar surface area (TPSA) is 86.7 Å². The van der Waals surface area contributed by atoms with Gasteiger partial charge in [0.2, 0.25) is 11.8 Å². The highest BCUT2D eigenvalue weighted by Gasteiger charge is 2.35. The van der Waals surface area contributed by atoms with Crippen LogP contribution < -0.4 is 5.32 Å². The molecule has 2 rings (SSSR count). The fourth-order valence-corrected chi connectivity index (χ4v) is 2.89. The van der Waals surface area contributed by atoms with Crippen LogP contribution in [0.4, 0.5) is 0 Å². The van der Waals surface area contributed by atoms with E-state index in [-0.39, 0.29) is 24.2 Å². The van der Waals surface area contributed by atoms with Gasteiger partial charge in [-0.3, -0.25) is 9.59 Å². The Morgan fingerprint density at radius 3 is 2.54 bits per heavy atom. The Hall–Kier alpha value is -2.37. The molecule has 2 atom stereocenters. The number of benzene rings is 1. The Morgan fingerprint density at radius 1 is 1.29 bits per heavy atom. The van der Waals surface area contributed by atoms with E-state index in [0.29, 0.717) is 19.5 Å². The van der Waals surface area contributed by atoms with E-state index in [1.54, 1.807) is 4.90 Å². The molecule has 24 heavy (non-hydrogen) atoms. The number of carbonyl (C=O) groups excluding carboxylic acids is 2. The largest absolute Gasteiger partial charge is 0.480 e. The molecule has 0 radical (unpaired) electrons. The zero-order chi connectivity index (χ0) is 17.7. The lowest BCUT2D eigenvalue weighted by molar-refractivity contribution is -0.142. The van der Waals surface area contributed by atoms with E-state index in [4.69, 9.17) is 0 Å². The third-order valence-corrected chi connectivity index (χ3v) is 4.12. The standard InChI is InChI=1S/C18H24N2O4/c1-12(2)8-15(18(23)24)19-17(22)14-9-16(21)20(11-14)10-13-6-4-3-5-7-13/h3-7,12,14-15H,8-11H2,1-2H3,(H,19,22)(H,23,24)/t14?,15-/m0/s1. The number of rotatable bonds is 7. The third-order valence-electron chi connectivity index (χ3n) is 4.12. The number of amides is 2. The highest BCUT2D eigenvalue weighted by Crippen LogP contribution is 2.21. The van der Waals surface area contributed by atoms with Crippen molar-refractivity contribution in [1.82, 2.24) is 10.2 Å². The second-order valence-corrected chi connectivity index (χ2v) is 6.69. The van der Waals surface area contributed by atoms with Crippen molar-refractivity contribution in [3.05, 3.63) is 35.9 Å². The van der Waals surface area contributed by atoms with Crippen LogP contribution in [0.1, 0.15) is 32.3 Å². The number of aliphatic carboxylic acids is 1. The first-order valence-corrected chi connectivity index (χ1v) is 8.21. The maximum absolute atomic E-state index is 12.3. The number of carboxylic acids is 1. The zero-order valence-electron chi connectivity index (χ0n) is 14.1. The van der Waals surface area contributed by atoms with Gasteiger partial charge in [0.25, 0.3) is 0 Å². The van der Waals surface area contributed by atoms with Gasteiger partial charge in [-0.1, -0.05) is 44.2 Å². The Kier molecular flexibility index (Phi) is 5.95. The summed E-state index contributed by atoms with van der Waals surface area (Å²) in [6.45, 7) is 4.61. The van der Waals surface area contributed by atoms with Gasteiger partial charge in [0.05, 0.1) is 5.92 Å². The number of carboxylic acid groups (broad SMARTS) is 1. The highest BCUT2D eigenvalue weighted by molar-refractivity contribution is 5.91. The summed E-state index contributed by atoms with van der Waals surface area (Å²) in [5, 5.41) is 11.8. The van der Waals surface area contributed by atoms with Crippen LogP contribution >= 0.6 is 0 Å². The predicted molar refractivity (Wildman–Crippen MR) is 89.0 cm³/mol. The van der Waals surface area contributed by atoms with Crippen LogP contribution in [0.3, 0.4) is 0 Å². The maximum Gasteiger partial charge on any atom is 0.326 e. The SMILES string of the molecule is CC(C)C[C@H](NC(=O)C1CC(=O)N(Cc2ccccc2)C1)C(=O)O. The summed E-state index contributed by atoms with van der Waals surface area (Å²) in [7, 11) is 0. The molecule has 1 aromatic rings. The normalized spacial score (nSPS) is 18.7. The zero-order valence-corrected chi connectivity index (χ0v) is 14.1. The molecule has 0 aliphatic carbocycles. The van der Waals surface area contributed by atoms with Crippen molar-refractivity contribution in [2.75, 3.05) is 6.54 Å². The summed E-state index contributed by atoms with van der Waals surface area (Å²) in [6.07, 6.45) is 0.502. The quantitative estimate of drug-likeness (QED) is 0.795. The smallest absolute Gasteiger partial charge is 0.326 e. The minimum atomic E-state index is -1.04. The fraction of sp³-hybridized carbons (Fsp3) is 0.500. The minimum Gasteiger partial charge on any atom is -0.480 e. The van der Waals surface area contributed by atoms with E-state index in [1.807, 2.05) is 44.2 Å². The first-order valence-electron chi connectivity index (χ1n) is 8.21. The van der Waals surface area contributed by atoms with E-state index in [9.17, 15) is 19.5 Å². The van der Waals surface area contributed by atoms with Crippen molar-refractivity contribution < 1.29 is 19.5 Å². The molecule has 1 aromatic carbocycles. The van der Waals surface area contributed by atoms with Gasteiger partial charge in [-0.2, -0.15) is 0 Å². The molecule has 1 saturated heterocycles.